The van der Waals surface area contributed by atoms with E-state index in [2.05, 4.69) is 15.5 Å². The molecule has 3 aromatic rings. The molecule has 4 rings (SSSR count). The van der Waals surface area contributed by atoms with Crippen molar-refractivity contribution in [1.29, 1.82) is 0 Å². The van der Waals surface area contributed by atoms with Crippen LogP contribution in [0.15, 0.2) is 59.5 Å². The van der Waals surface area contributed by atoms with Crippen LogP contribution in [0.2, 0.25) is 0 Å². The Bertz CT molecular complexity index is 1230. The molecule has 0 atom stereocenters. The van der Waals surface area contributed by atoms with Crippen LogP contribution in [0.5, 0.6) is 0 Å². The lowest BCUT2D eigenvalue weighted by molar-refractivity contribution is -0.126. The van der Waals surface area contributed by atoms with E-state index in [0.29, 0.717) is 5.82 Å². The largest absolute Gasteiger partial charge is 0.335 e. The van der Waals surface area contributed by atoms with Gasteiger partial charge in [0.05, 0.1) is 4.90 Å². The molecule has 1 fully saturated rings. The second-order valence-electron chi connectivity index (χ2n) is 7.23. The van der Waals surface area contributed by atoms with E-state index in [0.717, 1.165) is 17.7 Å². The van der Waals surface area contributed by atoms with Crippen LogP contribution >= 0.6 is 0 Å². The van der Waals surface area contributed by atoms with Crippen molar-refractivity contribution in [2.24, 2.45) is 0 Å². The zero-order chi connectivity index (χ0) is 22.7. The number of tetrazole rings is 1. The van der Waals surface area contributed by atoms with Crippen molar-refractivity contribution in [3.05, 3.63) is 71.8 Å². The minimum absolute atomic E-state index is 0.0210. The molecule has 0 bridgehead atoms. The molecular formula is C21H21FN6O3S. The number of sulfonamides is 1. The minimum atomic E-state index is -3.77. The van der Waals surface area contributed by atoms with E-state index < -0.39 is 15.8 Å². The molecule has 0 unspecified atom stereocenters. The average Bonchev–Trinajstić information content (AvgIpc) is 3.23. The van der Waals surface area contributed by atoms with Gasteiger partial charge in [0, 0.05) is 26.2 Å². The first-order valence-electron chi connectivity index (χ1n) is 9.93. The molecule has 2 heterocycles. The highest BCUT2D eigenvalue weighted by Gasteiger charge is 2.32. The van der Waals surface area contributed by atoms with E-state index in [1.807, 2.05) is 30.3 Å². The molecule has 1 amide bonds. The SMILES string of the molecule is Cc1nnnn1/C(=C\c1ccccc1)C(=O)N1CCN(S(=O)(=O)c2ccc(F)cc2)CC1. The van der Waals surface area contributed by atoms with Crippen molar-refractivity contribution in [1.82, 2.24) is 29.4 Å². The maximum atomic E-state index is 13.3. The van der Waals surface area contributed by atoms with Crippen LogP contribution in [0.4, 0.5) is 4.39 Å². The van der Waals surface area contributed by atoms with Gasteiger partial charge < -0.3 is 4.90 Å². The Morgan fingerprint density at radius 1 is 1.00 bits per heavy atom. The molecule has 0 spiro atoms. The number of hydrogen-bond donors (Lipinski definition) is 0. The Morgan fingerprint density at radius 2 is 1.66 bits per heavy atom. The normalized spacial score (nSPS) is 15.7. The summed E-state index contributed by atoms with van der Waals surface area (Å²) in [6.45, 7) is 2.34. The molecular weight excluding hydrogens is 435 g/mol. The summed E-state index contributed by atoms with van der Waals surface area (Å²) < 4.78 is 41.5. The molecule has 2 aromatic carbocycles. The number of nitrogens with zero attached hydrogens (tertiary/aromatic N) is 6. The lowest BCUT2D eigenvalue weighted by Crippen LogP contribution is -2.51. The maximum absolute atomic E-state index is 13.3. The van der Waals surface area contributed by atoms with Gasteiger partial charge in [-0.15, -0.1) is 5.10 Å². The van der Waals surface area contributed by atoms with Crippen molar-refractivity contribution in [2.45, 2.75) is 11.8 Å². The van der Waals surface area contributed by atoms with Gasteiger partial charge in [0.1, 0.15) is 11.5 Å². The third-order valence-electron chi connectivity index (χ3n) is 5.15. The van der Waals surface area contributed by atoms with E-state index in [9.17, 15) is 17.6 Å². The van der Waals surface area contributed by atoms with Crippen molar-refractivity contribution < 1.29 is 17.6 Å². The van der Waals surface area contributed by atoms with E-state index in [1.54, 1.807) is 17.9 Å². The molecule has 32 heavy (non-hydrogen) atoms. The monoisotopic (exact) mass is 456 g/mol. The zero-order valence-electron chi connectivity index (χ0n) is 17.3. The quantitative estimate of drug-likeness (QED) is 0.541. The van der Waals surface area contributed by atoms with Gasteiger partial charge in [0.25, 0.3) is 5.91 Å². The molecule has 0 N–H and O–H groups in total. The zero-order valence-corrected chi connectivity index (χ0v) is 18.1. The number of carbonyl (C=O) groups is 1. The number of benzene rings is 2. The lowest BCUT2D eigenvalue weighted by Gasteiger charge is -2.34. The number of hydrogen-bond acceptors (Lipinski definition) is 6. The van der Waals surface area contributed by atoms with Crippen LogP contribution in [0.3, 0.4) is 0 Å². The number of piperazine rings is 1. The summed E-state index contributed by atoms with van der Waals surface area (Å²) in [5.74, 6) is -0.351. The Morgan fingerprint density at radius 3 is 2.25 bits per heavy atom. The highest BCUT2D eigenvalue weighted by molar-refractivity contribution is 7.89. The van der Waals surface area contributed by atoms with Crippen LogP contribution in [-0.4, -0.2) is 69.9 Å². The van der Waals surface area contributed by atoms with Gasteiger partial charge in [0.2, 0.25) is 10.0 Å². The minimum Gasteiger partial charge on any atom is -0.335 e. The van der Waals surface area contributed by atoms with Crippen LogP contribution in [0, 0.1) is 12.7 Å². The topological polar surface area (TPSA) is 101 Å². The van der Waals surface area contributed by atoms with Crippen molar-refractivity contribution >= 4 is 27.7 Å². The van der Waals surface area contributed by atoms with Gasteiger partial charge in [-0.25, -0.2) is 12.8 Å². The summed E-state index contributed by atoms with van der Waals surface area (Å²) in [6.07, 6.45) is 1.70. The highest BCUT2D eigenvalue weighted by atomic mass is 32.2. The molecule has 11 heteroatoms. The summed E-state index contributed by atoms with van der Waals surface area (Å²) >= 11 is 0. The summed E-state index contributed by atoms with van der Waals surface area (Å²) in [4.78, 5) is 14.9. The van der Waals surface area contributed by atoms with Crippen LogP contribution in [-0.2, 0) is 14.8 Å². The Balaban J connectivity index is 1.54. The Kier molecular flexibility index (Phi) is 6.10. The van der Waals surface area contributed by atoms with Gasteiger partial charge in [-0.1, -0.05) is 30.3 Å². The number of halogens is 1. The van der Waals surface area contributed by atoms with Crippen molar-refractivity contribution in [3.8, 4) is 0 Å². The third kappa shape index (κ3) is 4.43. The van der Waals surface area contributed by atoms with Crippen molar-refractivity contribution in [3.63, 3.8) is 0 Å². The van der Waals surface area contributed by atoms with Crippen LogP contribution < -0.4 is 0 Å². The van der Waals surface area contributed by atoms with Gasteiger partial charge >= 0.3 is 0 Å². The first kappa shape index (κ1) is 21.8. The second-order valence-corrected chi connectivity index (χ2v) is 9.17. The van der Waals surface area contributed by atoms with Crippen LogP contribution in [0.25, 0.3) is 11.8 Å². The Labute approximate surface area is 184 Å². The fourth-order valence-electron chi connectivity index (χ4n) is 3.42. The summed E-state index contributed by atoms with van der Waals surface area (Å²) in [6, 6.07) is 14.0. The predicted molar refractivity (Wildman–Crippen MR) is 115 cm³/mol. The van der Waals surface area contributed by atoms with E-state index >= 15 is 0 Å². The fourth-order valence-corrected chi connectivity index (χ4v) is 4.85. The number of carbonyl (C=O) groups excluding carboxylic acids is 1. The predicted octanol–water partition coefficient (Wildman–Crippen LogP) is 1.65. The molecule has 1 saturated heterocycles. The molecule has 1 aliphatic heterocycles. The lowest BCUT2D eigenvalue weighted by atomic mass is 10.1. The summed E-state index contributed by atoms with van der Waals surface area (Å²) in [5.41, 5.74) is 1.08. The Hall–Kier alpha value is -3.44. The standard InChI is InChI=1S/C21H21FN6O3S/c1-16-23-24-25-28(16)20(15-17-5-3-2-4-6-17)21(29)26-11-13-27(14-12-26)32(30,31)19-9-7-18(22)8-10-19/h2-10,15H,11-14H2,1H3/b20-15-. The molecule has 0 saturated carbocycles. The van der Waals surface area contributed by atoms with Gasteiger partial charge in [0.15, 0.2) is 5.82 Å². The smallest absolute Gasteiger partial charge is 0.272 e. The number of amides is 1. The number of aromatic nitrogens is 4. The molecule has 0 radical (unpaired) electrons. The second kappa shape index (κ2) is 8.97. The molecule has 0 aliphatic carbocycles. The summed E-state index contributed by atoms with van der Waals surface area (Å²) in [7, 11) is -3.77. The van der Waals surface area contributed by atoms with Gasteiger partial charge in [-0.2, -0.15) is 8.99 Å². The van der Waals surface area contributed by atoms with E-state index in [-0.39, 0.29) is 42.7 Å². The summed E-state index contributed by atoms with van der Waals surface area (Å²) in [5, 5.41) is 11.4. The maximum Gasteiger partial charge on any atom is 0.272 e. The van der Waals surface area contributed by atoms with E-state index in [1.165, 1.54) is 21.1 Å². The fraction of sp³-hybridized carbons (Fsp3) is 0.238. The third-order valence-corrected chi connectivity index (χ3v) is 7.07. The number of aryl methyl sites for hydroxylation is 1. The first-order chi connectivity index (χ1) is 15.4. The van der Waals surface area contributed by atoms with Crippen molar-refractivity contribution in [2.75, 3.05) is 26.2 Å². The number of rotatable bonds is 5. The molecule has 9 nitrogen and oxygen atoms in total. The highest BCUT2D eigenvalue weighted by Crippen LogP contribution is 2.20. The molecule has 1 aromatic heterocycles. The molecule has 166 valence electrons. The van der Waals surface area contributed by atoms with Crippen LogP contribution in [0.1, 0.15) is 11.4 Å². The van der Waals surface area contributed by atoms with Gasteiger partial charge in [-0.3, -0.25) is 4.79 Å². The van der Waals surface area contributed by atoms with Gasteiger partial charge in [-0.05, 0) is 53.3 Å². The first-order valence-corrected chi connectivity index (χ1v) is 11.4. The molecule has 1 aliphatic rings. The van der Waals surface area contributed by atoms with E-state index in [4.69, 9.17) is 0 Å². The average molecular weight is 457 g/mol.